The molecule has 0 unspecified atom stereocenters. The third-order valence-electron chi connectivity index (χ3n) is 3.82. The SMILES string of the molecule is COc1ccc(C(=O)N/N=C2\C[C@H]3C=CC[C@H]23)cc1. The number of ether oxygens (including phenoxy) is 1. The number of rotatable bonds is 3. The smallest absolute Gasteiger partial charge is 0.271 e. The van der Waals surface area contributed by atoms with Crippen LogP contribution in [0.1, 0.15) is 23.2 Å². The molecule has 1 amide bonds. The summed E-state index contributed by atoms with van der Waals surface area (Å²) in [5.74, 6) is 1.74. The first-order valence-corrected chi connectivity index (χ1v) is 6.45. The molecule has 2 aliphatic rings. The van der Waals surface area contributed by atoms with Crippen molar-refractivity contribution in [1.82, 2.24) is 5.43 Å². The standard InChI is InChI=1S/C15H16N2O2/c1-19-12-7-5-10(6-8-12)15(18)17-16-14-9-11-3-2-4-13(11)14/h2-3,5-8,11,13H,4,9H2,1H3,(H,17,18)/b16-14+/t11-,13+/m1/s1. The summed E-state index contributed by atoms with van der Waals surface area (Å²) in [4.78, 5) is 11.9. The second-order valence-corrected chi connectivity index (χ2v) is 4.91. The molecule has 1 aromatic carbocycles. The van der Waals surface area contributed by atoms with Gasteiger partial charge >= 0.3 is 0 Å². The van der Waals surface area contributed by atoms with Crippen molar-refractivity contribution < 1.29 is 9.53 Å². The Morgan fingerprint density at radius 3 is 2.84 bits per heavy atom. The lowest BCUT2D eigenvalue weighted by molar-refractivity contribution is 0.0954. The van der Waals surface area contributed by atoms with E-state index in [2.05, 4.69) is 22.7 Å². The molecule has 19 heavy (non-hydrogen) atoms. The fourth-order valence-electron chi connectivity index (χ4n) is 2.59. The first-order chi connectivity index (χ1) is 9.28. The Kier molecular flexibility index (Phi) is 3.07. The second-order valence-electron chi connectivity index (χ2n) is 4.91. The first-order valence-electron chi connectivity index (χ1n) is 6.45. The lowest BCUT2D eigenvalue weighted by Gasteiger charge is -2.31. The molecular formula is C15H16N2O2. The molecule has 1 saturated carbocycles. The minimum Gasteiger partial charge on any atom is -0.497 e. The van der Waals surface area contributed by atoms with Crippen LogP contribution in [0, 0.1) is 11.8 Å². The number of benzene rings is 1. The topological polar surface area (TPSA) is 50.7 Å². The molecule has 1 fully saturated rings. The van der Waals surface area contributed by atoms with Crippen molar-refractivity contribution in [3.63, 3.8) is 0 Å². The predicted octanol–water partition coefficient (Wildman–Crippen LogP) is 2.38. The van der Waals surface area contributed by atoms with Crippen LogP contribution in [0.15, 0.2) is 41.5 Å². The minimum atomic E-state index is -0.176. The average molecular weight is 256 g/mol. The minimum absolute atomic E-state index is 0.176. The maximum absolute atomic E-state index is 11.9. The number of carbonyl (C=O) groups excluding carboxylic acids is 1. The van der Waals surface area contributed by atoms with E-state index in [9.17, 15) is 4.79 Å². The molecule has 4 heteroatoms. The summed E-state index contributed by atoms with van der Waals surface area (Å²) in [6.45, 7) is 0. The van der Waals surface area contributed by atoms with Gasteiger partial charge in [0, 0.05) is 17.2 Å². The van der Waals surface area contributed by atoms with Gasteiger partial charge in [-0.2, -0.15) is 5.10 Å². The summed E-state index contributed by atoms with van der Waals surface area (Å²) in [5, 5.41) is 4.24. The predicted molar refractivity (Wildman–Crippen MR) is 73.2 cm³/mol. The quantitative estimate of drug-likeness (QED) is 0.666. The zero-order valence-corrected chi connectivity index (χ0v) is 10.8. The van der Waals surface area contributed by atoms with Crippen LogP contribution in [0.3, 0.4) is 0 Å². The molecule has 2 atom stereocenters. The highest BCUT2D eigenvalue weighted by molar-refractivity contribution is 5.98. The molecule has 98 valence electrons. The molecule has 0 spiro atoms. The van der Waals surface area contributed by atoms with Gasteiger partial charge in [0.1, 0.15) is 5.75 Å². The molecule has 2 aliphatic carbocycles. The van der Waals surface area contributed by atoms with Gasteiger partial charge in [0.15, 0.2) is 0 Å². The number of allylic oxidation sites excluding steroid dienone is 2. The van der Waals surface area contributed by atoms with Crippen LogP contribution in [-0.2, 0) is 0 Å². The fourth-order valence-corrected chi connectivity index (χ4v) is 2.59. The van der Waals surface area contributed by atoms with Gasteiger partial charge in [-0.15, -0.1) is 0 Å². The third-order valence-corrected chi connectivity index (χ3v) is 3.82. The number of carbonyl (C=O) groups is 1. The first kappa shape index (κ1) is 12.0. The lowest BCUT2D eigenvalue weighted by Crippen LogP contribution is -2.35. The summed E-state index contributed by atoms with van der Waals surface area (Å²) in [6.07, 6.45) is 6.48. The number of hydrogen-bond donors (Lipinski definition) is 1. The third kappa shape index (κ3) is 2.26. The number of nitrogens with one attached hydrogen (secondary N) is 1. The van der Waals surface area contributed by atoms with Crippen LogP contribution in [-0.4, -0.2) is 18.7 Å². The van der Waals surface area contributed by atoms with E-state index >= 15 is 0 Å². The summed E-state index contributed by atoms with van der Waals surface area (Å²) >= 11 is 0. The lowest BCUT2D eigenvalue weighted by atomic mass is 9.74. The van der Waals surface area contributed by atoms with E-state index in [1.165, 1.54) is 0 Å². The highest BCUT2D eigenvalue weighted by atomic mass is 16.5. The second kappa shape index (κ2) is 4.88. The van der Waals surface area contributed by atoms with Gasteiger partial charge in [-0.1, -0.05) is 12.2 Å². The molecule has 1 aromatic rings. The fraction of sp³-hybridized carbons (Fsp3) is 0.333. The highest BCUT2D eigenvalue weighted by Gasteiger charge is 2.37. The molecule has 3 rings (SSSR count). The van der Waals surface area contributed by atoms with E-state index in [0.29, 0.717) is 17.4 Å². The van der Waals surface area contributed by atoms with Gasteiger partial charge in [-0.3, -0.25) is 4.79 Å². The van der Waals surface area contributed by atoms with Gasteiger partial charge < -0.3 is 4.74 Å². The number of fused-ring (bicyclic) bond motifs is 1. The summed E-state index contributed by atoms with van der Waals surface area (Å²) in [7, 11) is 1.60. The Labute approximate surface area is 112 Å². The number of amides is 1. The molecule has 0 bridgehead atoms. The Bertz CT molecular complexity index is 546. The van der Waals surface area contributed by atoms with E-state index in [-0.39, 0.29) is 5.91 Å². The van der Waals surface area contributed by atoms with Gasteiger partial charge in [-0.25, -0.2) is 5.43 Å². The van der Waals surface area contributed by atoms with E-state index < -0.39 is 0 Å². The summed E-state index contributed by atoms with van der Waals surface area (Å²) in [5.41, 5.74) is 4.33. The molecule has 4 nitrogen and oxygen atoms in total. The molecule has 0 aliphatic heterocycles. The zero-order valence-electron chi connectivity index (χ0n) is 10.8. The molecule has 0 radical (unpaired) electrons. The van der Waals surface area contributed by atoms with E-state index in [1.54, 1.807) is 31.4 Å². The van der Waals surface area contributed by atoms with E-state index in [4.69, 9.17) is 4.74 Å². The zero-order chi connectivity index (χ0) is 13.2. The van der Waals surface area contributed by atoms with Crippen molar-refractivity contribution in [1.29, 1.82) is 0 Å². The van der Waals surface area contributed by atoms with Gasteiger partial charge in [0.05, 0.1) is 7.11 Å². The average Bonchev–Trinajstić information content (AvgIpc) is 2.80. The molecule has 0 heterocycles. The van der Waals surface area contributed by atoms with Crippen LogP contribution < -0.4 is 10.2 Å². The van der Waals surface area contributed by atoms with Crippen molar-refractivity contribution >= 4 is 11.6 Å². The monoisotopic (exact) mass is 256 g/mol. The van der Waals surface area contributed by atoms with Crippen molar-refractivity contribution in [2.24, 2.45) is 16.9 Å². The van der Waals surface area contributed by atoms with Crippen molar-refractivity contribution in [3.05, 3.63) is 42.0 Å². The summed E-state index contributed by atoms with van der Waals surface area (Å²) in [6, 6.07) is 6.99. The number of methoxy groups -OCH3 is 1. The van der Waals surface area contributed by atoms with Crippen molar-refractivity contribution in [3.8, 4) is 5.75 Å². The summed E-state index contributed by atoms with van der Waals surface area (Å²) < 4.78 is 5.05. The number of hydrogen-bond acceptors (Lipinski definition) is 3. The maximum atomic E-state index is 11.9. The van der Waals surface area contributed by atoms with Crippen molar-refractivity contribution in [2.75, 3.05) is 7.11 Å². The number of nitrogens with zero attached hydrogens (tertiary/aromatic N) is 1. The van der Waals surface area contributed by atoms with Crippen LogP contribution in [0.4, 0.5) is 0 Å². The normalized spacial score (nSPS) is 25.8. The van der Waals surface area contributed by atoms with Crippen LogP contribution in [0.25, 0.3) is 0 Å². The Hall–Kier alpha value is -2.10. The van der Waals surface area contributed by atoms with Crippen LogP contribution >= 0.6 is 0 Å². The van der Waals surface area contributed by atoms with Gasteiger partial charge in [-0.05, 0) is 43.0 Å². The number of hydrazone groups is 1. The van der Waals surface area contributed by atoms with Crippen LogP contribution in [0.5, 0.6) is 5.75 Å². The van der Waals surface area contributed by atoms with E-state index in [1.807, 2.05) is 0 Å². The largest absolute Gasteiger partial charge is 0.497 e. The Morgan fingerprint density at radius 1 is 1.37 bits per heavy atom. The maximum Gasteiger partial charge on any atom is 0.271 e. The van der Waals surface area contributed by atoms with Gasteiger partial charge in [0.2, 0.25) is 0 Å². The Morgan fingerprint density at radius 2 is 2.16 bits per heavy atom. The highest BCUT2D eigenvalue weighted by Crippen LogP contribution is 2.40. The Balaban J connectivity index is 1.60. The molecule has 1 N–H and O–H groups in total. The van der Waals surface area contributed by atoms with Crippen LogP contribution in [0.2, 0.25) is 0 Å². The van der Waals surface area contributed by atoms with Crippen molar-refractivity contribution in [2.45, 2.75) is 12.8 Å². The molecule has 0 saturated heterocycles. The molecular weight excluding hydrogens is 240 g/mol. The van der Waals surface area contributed by atoms with Gasteiger partial charge in [0.25, 0.3) is 5.91 Å². The van der Waals surface area contributed by atoms with E-state index in [0.717, 1.165) is 24.3 Å². The molecule has 0 aromatic heterocycles.